The Labute approximate surface area is 212 Å². The molecule has 2 N–H and O–H groups in total. The van der Waals surface area contributed by atoms with Crippen LogP contribution in [0.5, 0.6) is 11.5 Å². The number of aliphatic hydroxyl groups is 2. The highest BCUT2D eigenvalue weighted by Crippen LogP contribution is 2.50. The molecule has 2 aromatic carbocycles. The Morgan fingerprint density at radius 2 is 1.46 bits per heavy atom. The summed E-state index contributed by atoms with van der Waals surface area (Å²) < 4.78 is 76.1. The number of benzene rings is 2. The van der Waals surface area contributed by atoms with E-state index in [0.29, 0.717) is 0 Å². The molecule has 1 aliphatic rings. The average molecular weight is 527 g/mol. The molecule has 3 rings (SSSR count). The molecule has 11 heteroatoms. The second-order valence-corrected chi connectivity index (χ2v) is 7.93. The van der Waals surface area contributed by atoms with Crippen molar-refractivity contribution in [1.82, 2.24) is 0 Å². The Bertz CT molecular complexity index is 1200. The quantitative estimate of drug-likeness (QED) is 0.359. The normalized spacial score (nSPS) is 17.1. The fourth-order valence-electron chi connectivity index (χ4n) is 4.71. The van der Waals surface area contributed by atoms with Crippen LogP contribution in [0.3, 0.4) is 0 Å². The lowest BCUT2D eigenvalue weighted by atomic mass is 9.80. The van der Waals surface area contributed by atoms with Crippen molar-refractivity contribution in [2.45, 2.75) is 18.5 Å². The van der Waals surface area contributed by atoms with Crippen LogP contribution in [-0.4, -0.2) is 71.4 Å². The van der Waals surface area contributed by atoms with Crippen molar-refractivity contribution in [2.75, 3.05) is 49.3 Å². The van der Waals surface area contributed by atoms with Gasteiger partial charge in [0.05, 0.1) is 34.5 Å². The van der Waals surface area contributed by atoms with Gasteiger partial charge < -0.3 is 38.6 Å². The van der Waals surface area contributed by atoms with Crippen molar-refractivity contribution >= 4 is 5.57 Å². The van der Waals surface area contributed by atoms with Gasteiger partial charge in [0.1, 0.15) is 5.76 Å². The molecule has 8 nitrogen and oxygen atoms in total. The Balaban J connectivity index is 2.56. The van der Waals surface area contributed by atoms with Gasteiger partial charge in [-0.25, -0.2) is 13.2 Å². The highest BCUT2D eigenvalue weighted by molar-refractivity contribution is 5.88. The summed E-state index contributed by atoms with van der Waals surface area (Å²) in [5.74, 6) is -5.81. The summed E-state index contributed by atoms with van der Waals surface area (Å²) in [4.78, 5) is 0. The fraction of sp³-hybridized carbons (Fsp3) is 0.385. The lowest BCUT2D eigenvalue weighted by molar-refractivity contribution is -0.224. The van der Waals surface area contributed by atoms with Crippen LogP contribution in [0.2, 0.25) is 0 Å². The van der Waals surface area contributed by atoms with E-state index >= 15 is 0 Å². The van der Waals surface area contributed by atoms with Crippen LogP contribution >= 0.6 is 0 Å². The maximum Gasteiger partial charge on any atom is 0.230 e. The molecule has 1 aliphatic carbocycles. The predicted molar refractivity (Wildman–Crippen MR) is 127 cm³/mol. The average Bonchev–Trinajstić information content (AvgIpc) is 2.92. The highest BCUT2D eigenvalue weighted by atomic mass is 19.2. The van der Waals surface area contributed by atoms with Crippen molar-refractivity contribution in [3.05, 3.63) is 64.2 Å². The van der Waals surface area contributed by atoms with Crippen molar-refractivity contribution in [1.29, 1.82) is 0 Å². The maximum absolute atomic E-state index is 14.3. The van der Waals surface area contributed by atoms with E-state index in [-0.39, 0.29) is 50.7 Å². The van der Waals surface area contributed by atoms with Gasteiger partial charge in [-0.2, -0.15) is 0 Å². The van der Waals surface area contributed by atoms with Crippen LogP contribution < -0.4 is 9.47 Å². The molecule has 0 saturated heterocycles. The lowest BCUT2D eigenvalue weighted by Crippen LogP contribution is -2.51. The minimum Gasteiger partial charge on any atom is -0.498 e. The van der Waals surface area contributed by atoms with Gasteiger partial charge in [-0.15, -0.1) is 0 Å². The number of hydrogen-bond acceptors (Lipinski definition) is 8. The summed E-state index contributed by atoms with van der Waals surface area (Å²) in [6.07, 6.45) is 0.566. The van der Waals surface area contributed by atoms with Gasteiger partial charge in [0, 0.05) is 32.5 Å². The number of methoxy groups -OCH3 is 6. The van der Waals surface area contributed by atoms with Gasteiger partial charge in [0.25, 0.3) is 0 Å². The van der Waals surface area contributed by atoms with Crippen LogP contribution in [0.4, 0.5) is 13.2 Å². The molecule has 2 aromatic rings. The number of ether oxygens (including phenoxy) is 6. The predicted octanol–water partition coefficient (Wildman–Crippen LogP) is 3.57. The summed E-state index contributed by atoms with van der Waals surface area (Å²) in [6.45, 7) is -1.18. The van der Waals surface area contributed by atoms with E-state index in [0.717, 1.165) is 12.1 Å². The molecule has 0 fully saturated rings. The topological polar surface area (TPSA) is 95.8 Å². The van der Waals surface area contributed by atoms with Gasteiger partial charge in [-0.1, -0.05) is 0 Å². The first kappa shape index (κ1) is 28.5. The molecule has 0 aromatic heterocycles. The van der Waals surface area contributed by atoms with Gasteiger partial charge in [-0.05, 0) is 46.5 Å². The van der Waals surface area contributed by atoms with Gasteiger partial charge in [-0.3, -0.25) is 0 Å². The van der Waals surface area contributed by atoms with Crippen LogP contribution in [0.15, 0.2) is 35.6 Å². The monoisotopic (exact) mass is 526 g/mol. The van der Waals surface area contributed by atoms with E-state index in [1.54, 1.807) is 0 Å². The standard InChI is InChI=1S/C26H29F3O8/c1-32-19-10-15(22-14(11-30)9-20(33-2)25(35-4)26(22,36-5)37-6)16(12-31)21(24(19)34-3)13-7-17(27)23(29)18(28)8-13/h7-10,25,30-31H,11-12H2,1-6H3. The maximum atomic E-state index is 14.3. The minimum atomic E-state index is -1.72. The molecule has 1 unspecified atom stereocenters. The molecule has 1 atom stereocenters. The van der Waals surface area contributed by atoms with Crippen molar-refractivity contribution < 1.29 is 51.8 Å². The largest absolute Gasteiger partial charge is 0.498 e. The molecular formula is C26H29F3O8. The highest BCUT2D eigenvalue weighted by Gasteiger charge is 2.51. The first-order valence-corrected chi connectivity index (χ1v) is 11.0. The van der Waals surface area contributed by atoms with Crippen molar-refractivity contribution in [3.8, 4) is 22.6 Å². The fourth-order valence-corrected chi connectivity index (χ4v) is 4.71. The summed E-state index contributed by atoms with van der Waals surface area (Å²) >= 11 is 0. The van der Waals surface area contributed by atoms with Gasteiger partial charge >= 0.3 is 0 Å². The Hall–Kier alpha value is -3.09. The molecule has 0 aliphatic heterocycles. The second kappa shape index (κ2) is 11.5. The molecule has 0 amide bonds. The second-order valence-electron chi connectivity index (χ2n) is 7.93. The summed E-state index contributed by atoms with van der Waals surface area (Å²) in [5, 5.41) is 20.9. The van der Waals surface area contributed by atoms with Gasteiger partial charge in [0.2, 0.25) is 5.79 Å². The zero-order valence-corrected chi connectivity index (χ0v) is 21.3. The summed E-state index contributed by atoms with van der Waals surface area (Å²) in [5.41, 5.74) is 0.725. The Morgan fingerprint density at radius 1 is 0.838 bits per heavy atom. The number of hydrogen-bond donors (Lipinski definition) is 2. The van der Waals surface area contributed by atoms with E-state index in [9.17, 15) is 23.4 Å². The van der Waals surface area contributed by atoms with E-state index in [4.69, 9.17) is 28.4 Å². The molecule has 0 heterocycles. The first-order valence-electron chi connectivity index (χ1n) is 11.0. The smallest absolute Gasteiger partial charge is 0.230 e. The third kappa shape index (κ3) is 4.57. The summed E-state index contributed by atoms with van der Waals surface area (Å²) in [6, 6.07) is 3.06. The van der Waals surface area contributed by atoms with E-state index < -0.39 is 42.6 Å². The van der Waals surface area contributed by atoms with Crippen LogP contribution in [0, 0.1) is 17.5 Å². The minimum absolute atomic E-state index is 0.0264. The van der Waals surface area contributed by atoms with Crippen LogP contribution in [0.1, 0.15) is 11.1 Å². The van der Waals surface area contributed by atoms with E-state index in [1.807, 2.05) is 0 Å². The Morgan fingerprint density at radius 3 is 1.89 bits per heavy atom. The molecular weight excluding hydrogens is 497 g/mol. The number of rotatable bonds is 10. The SMILES string of the molecule is COC1=CC(CO)=C(c2cc(OC)c(OC)c(-c3cc(F)c(F)c(F)c3)c2CO)C(OC)(OC)C1OC. The van der Waals surface area contributed by atoms with Crippen LogP contribution in [0.25, 0.3) is 16.7 Å². The summed E-state index contributed by atoms with van der Waals surface area (Å²) in [7, 11) is 8.18. The zero-order chi connectivity index (χ0) is 27.5. The molecule has 0 radical (unpaired) electrons. The molecule has 0 bridgehead atoms. The van der Waals surface area contributed by atoms with Crippen molar-refractivity contribution in [2.24, 2.45) is 0 Å². The molecule has 37 heavy (non-hydrogen) atoms. The van der Waals surface area contributed by atoms with Gasteiger partial charge in [0.15, 0.2) is 35.1 Å². The van der Waals surface area contributed by atoms with E-state index in [2.05, 4.69) is 0 Å². The third-order valence-electron chi connectivity index (χ3n) is 6.32. The van der Waals surface area contributed by atoms with Crippen molar-refractivity contribution in [3.63, 3.8) is 0 Å². The first-order chi connectivity index (χ1) is 17.7. The zero-order valence-electron chi connectivity index (χ0n) is 21.3. The third-order valence-corrected chi connectivity index (χ3v) is 6.32. The molecule has 0 saturated carbocycles. The Kier molecular flexibility index (Phi) is 8.88. The molecule has 0 spiro atoms. The lowest BCUT2D eigenvalue weighted by Gasteiger charge is -2.43. The number of halogens is 3. The van der Waals surface area contributed by atoms with E-state index in [1.165, 1.54) is 54.8 Å². The molecule has 202 valence electrons. The van der Waals surface area contributed by atoms with Crippen LogP contribution in [-0.2, 0) is 25.6 Å². The number of aliphatic hydroxyl groups excluding tert-OH is 2.